The quantitative estimate of drug-likeness (QED) is 0.576. The molecule has 120 valence electrons. The van der Waals surface area contributed by atoms with E-state index in [0.29, 0.717) is 18.4 Å². The lowest BCUT2D eigenvalue weighted by molar-refractivity contribution is -0.147. The molecular weight excluding hydrogens is 286 g/mol. The van der Waals surface area contributed by atoms with Crippen LogP contribution in [0.4, 0.5) is 0 Å². The van der Waals surface area contributed by atoms with Crippen LogP contribution in [0.15, 0.2) is 30.3 Å². The topological polar surface area (TPSA) is 108 Å². The van der Waals surface area contributed by atoms with Gasteiger partial charge in [-0.1, -0.05) is 43.7 Å². The molecule has 1 aromatic carbocycles. The Labute approximate surface area is 129 Å². The van der Waals surface area contributed by atoms with Gasteiger partial charge in [-0.15, -0.1) is 0 Å². The van der Waals surface area contributed by atoms with Gasteiger partial charge in [0.05, 0.1) is 0 Å². The van der Waals surface area contributed by atoms with Crippen molar-refractivity contribution < 1.29 is 24.5 Å². The molecule has 0 saturated carbocycles. The Morgan fingerprint density at radius 3 is 2.27 bits per heavy atom. The van der Waals surface area contributed by atoms with Crippen LogP contribution in [-0.2, 0) is 19.9 Å². The second kappa shape index (κ2) is 8.29. The molecule has 0 heterocycles. The van der Waals surface area contributed by atoms with Crippen molar-refractivity contribution in [3.8, 4) is 0 Å². The maximum atomic E-state index is 11.0. The molecule has 6 heteroatoms. The first kappa shape index (κ1) is 17.8. The van der Waals surface area contributed by atoms with Crippen LogP contribution in [0.3, 0.4) is 0 Å². The van der Waals surface area contributed by atoms with Gasteiger partial charge in [0.15, 0.2) is 0 Å². The van der Waals surface area contributed by atoms with Crippen LogP contribution in [0.2, 0.25) is 0 Å². The van der Waals surface area contributed by atoms with Gasteiger partial charge >= 0.3 is 11.9 Å². The van der Waals surface area contributed by atoms with E-state index in [9.17, 15) is 9.59 Å². The highest BCUT2D eigenvalue weighted by atomic mass is 16.5. The van der Waals surface area contributed by atoms with Gasteiger partial charge in [0, 0.05) is 12.1 Å². The molecule has 0 saturated heterocycles. The normalized spacial score (nSPS) is 13.3. The number of carbonyl (C=O) groups is 2. The van der Waals surface area contributed by atoms with Gasteiger partial charge in [0.25, 0.3) is 0 Å². The van der Waals surface area contributed by atoms with E-state index in [1.807, 2.05) is 6.92 Å². The van der Waals surface area contributed by atoms with Gasteiger partial charge in [-0.05, 0) is 18.4 Å². The average Bonchev–Trinajstić information content (AvgIpc) is 2.48. The SMILES string of the molecule is CCCC(=N)[C@](CCC(=O)O)(OCC(=O)O)c1ccccc1. The third-order valence-electron chi connectivity index (χ3n) is 3.36. The number of nitrogens with one attached hydrogen (secondary N) is 1. The van der Waals surface area contributed by atoms with Crippen molar-refractivity contribution in [2.75, 3.05) is 6.61 Å². The van der Waals surface area contributed by atoms with Crippen molar-refractivity contribution in [1.29, 1.82) is 5.41 Å². The summed E-state index contributed by atoms with van der Waals surface area (Å²) in [4.78, 5) is 21.8. The zero-order valence-corrected chi connectivity index (χ0v) is 12.5. The Bertz CT molecular complexity index is 509. The van der Waals surface area contributed by atoms with E-state index < -0.39 is 24.1 Å². The highest BCUT2D eigenvalue weighted by molar-refractivity contribution is 5.91. The molecule has 1 aromatic rings. The number of hydrogen-bond acceptors (Lipinski definition) is 4. The molecule has 0 aliphatic carbocycles. The average molecular weight is 307 g/mol. The van der Waals surface area contributed by atoms with Crippen LogP contribution >= 0.6 is 0 Å². The van der Waals surface area contributed by atoms with Crippen LogP contribution < -0.4 is 0 Å². The van der Waals surface area contributed by atoms with Crippen molar-refractivity contribution >= 4 is 17.7 Å². The van der Waals surface area contributed by atoms with Crippen LogP contribution in [0.5, 0.6) is 0 Å². The van der Waals surface area contributed by atoms with Crippen LogP contribution in [-0.4, -0.2) is 34.5 Å². The zero-order chi connectivity index (χ0) is 16.6. The van der Waals surface area contributed by atoms with Gasteiger partial charge < -0.3 is 20.4 Å². The first-order valence-electron chi connectivity index (χ1n) is 7.13. The minimum atomic E-state index is -1.31. The molecule has 0 bridgehead atoms. The summed E-state index contributed by atoms with van der Waals surface area (Å²) in [6.45, 7) is 1.32. The van der Waals surface area contributed by atoms with E-state index in [-0.39, 0.29) is 18.6 Å². The van der Waals surface area contributed by atoms with Crippen molar-refractivity contribution in [1.82, 2.24) is 0 Å². The van der Waals surface area contributed by atoms with Gasteiger partial charge in [-0.3, -0.25) is 4.79 Å². The second-order valence-corrected chi connectivity index (χ2v) is 5.00. The second-order valence-electron chi connectivity index (χ2n) is 5.00. The van der Waals surface area contributed by atoms with Crippen molar-refractivity contribution in [3.63, 3.8) is 0 Å². The van der Waals surface area contributed by atoms with E-state index in [1.54, 1.807) is 30.3 Å². The minimum absolute atomic E-state index is 0.0263. The van der Waals surface area contributed by atoms with E-state index in [2.05, 4.69) is 0 Å². The van der Waals surface area contributed by atoms with E-state index in [1.165, 1.54) is 0 Å². The fraction of sp³-hybridized carbons (Fsp3) is 0.438. The molecule has 0 spiro atoms. The summed E-state index contributed by atoms with van der Waals surface area (Å²) in [6, 6.07) is 8.77. The number of ether oxygens (including phenoxy) is 1. The lowest BCUT2D eigenvalue weighted by Crippen LogP contribution is -2.40. The summed E-state index contributed by atoms with van der Waals surface area (Å²) >= 11 is 0. The third-order valence-corrected chi connectivity index (χ3v) is 3.36. The predicted octanol–water partition coefficient (Wildman–Crippen LogP) is 2.67. The van der Waals surface area contributed by atoms with Gasteiger partial charge in [-0.2, -0.15) is 0 Å². The smallest absolute Gasteiger partial charge is 0.329 e. The molecule has 0 fully saturated rings. The lowest BCUT2D eigenvalue weighted by atomic mass is 9.82. The molecular formula is C16H21NO5. The van der Waals surface area contributed by atoms with Crippen molar-refractivity contribution in [3.05, 3.63) is 35.9 Å². The summed E-state index contributed by atoms with van der Waals surface area (Å²) < 4.78 is 5.55. The number of carboxylic acid groups (broad SMARTS) is 2. The third kappa shape index (κ3) is 4.66. The van der Waals surface area contributed by atoms with Gasteiger partial charge in [0.1, 0.15) is 12.2 Å². The molecule has 0 radical (unpaired) electrons. The molecule has 0 aliphatic rings. The molecule has 6 nitrogen and oxygen atoms in total. The molecule has 1 atom stereocenters. The first-order valence-corrected chi connectivity index (χ1v) is 7.13. The Morgan fingerprint density at radius 1 is 1.14 bits per heavy atom. The van der Waals surface area contributed by atoms with E-state index in [0.717, 1.165) is 0 Å². The van der Waals surface area contributed by atoms with E-state index >= 15 is 0 Å². The Morgan fingerprint density at radius 2 is 1.77 bits per heavy atom. The largest absolute Gasteiger partial charge is 0.481 e. The molecule has 3 N–H and O–H groups in total. The summed E-state index contributed by atoms with van der Waals surface area (Å²) in [5.74, 6) is -2.16. The zero-order valence-electron chi connectivity index (χ0n) is 12.5. The molecule has 0 unspecified atom stereocenters. The van der Waals surface area contributed by atoms with Crippen LogP contribution in [0.25, 0.3) is 0 Å². The van der Waals surface area contributed by atoms with Crippen LogP contribution in [0.1, 0.15) is 38.2 Å². The Kier molecular flexibility index (Phi) is 6.72. The molecule has 0 aliphatic heterocycles. The van der Waals surface area contributed by atoms with Crippen molar-refractivity contribution in [2.45, 2.75) is 38.2 Å². The summed E-state index contributed by atoms with van der Waals surface area (Å²) in [6.07, 6.45) is 0.921. The summed E-state index contributed by atoms with van der Waals surface area (Å²) in [7, 11) is 0. The lowest BCUT2D eigenvalue weighted by Gasteiger charge is -2.34. The van der Waals surface area contributed by atoms with Crippen molar-refractivity contribution in [2.24, 2.45) is 0 Å². The highest BCUT2D eigenvalue weighted by Gasteiger charge is 2.38. The molecule has 0 aromatic heterocycles. The predicted molar refractivity (Wildman–Crippen MR) is 81.2 cm³/mol. The molecule has 22 heavy (non-hydrogen) atoms. The van der Waals surface area contributed by atoms with Crippen LogP contribution in [0, 0.1) is 5.41 Å². The molecule has 0 amide bonds. The highest BCUT2D eigenvalue weighted by Crippen LogP contribution is 2.34. The fourth-order valence-corrected chi connectivity index (χ4v) is 2.34. The number of aliphatic carboxylic acids is 2. The number of benzene rings is 1. The fourth-order valence-electron chi connectivity index (χ4n) is 2.34. The minimum Gasteiger partial charge on any atom is -0.481 e. The Hall–Kier alpha value is -2.21. The Balaban J connectivity index is 3.23. The maximum absolute atomic E-state index is 11.0. The standard InChI is InChI=1S/C16H21NO5/c1-2-6-13(17)16(10-9-14(18)19,22-11-15(20)21)12-7-4-3-5-8-12/h3-5,7-8,17H,2,6,9-11H2,1H3,(H,18,19)(H,20,21)/t16-/m1/s1. The van der Waals surface area contributed by atoms with Gasteiger partial charge in [0.2, 0.25) is 0 Å². The molecule has 1 rings (SSSR count). The monoisotopic (exact) mass is 307 g/mol. The summed E-state index contributed by atoms with van der Waals surface area (Å²) in [5.41, 5.74) is -0.506. The maximum Gasteiger partial charge on any atom is 0.329 e. The number of carboxylic acids is 2. The number of rotatable bonds is 10. The number of hydrogen-bond donors (Lipinski definition) is 3. The summed E-state index contributed by atoms with van der Waals surface area (Å²) in [5, 5.41) is 26.2. The first-order chi connectivity index (χ1) is 10.4. The van der Waals surface area contributed by atoms with E-state index in [4.69, 9.17) is 20.4 Å². The van der Waals surface area contributed by atoms with Gasteiger partial charge in [-0.25, -0.2) is 4.79 Å².